The van der Waals surface area contributed by atoms with Gasteiger partial charge in [0.05, 0.1) is 0 Å². The third-order valence-electron chi connectivity index (χ3n) is 4.51. The molecule has 2 atom stereocenters. The highest BCUT2D eigenvalue weighted by molar-refractivity contribution is 7.80. The van der Waals surface area contributed by atoms with Crippen LogP contribution < -0.4 is 10.6 Å². The molecule has 0 spiro atoms. The van der Waals surface area contributed by atoms with Gasteiger partial charge in [0.25, 0.3) is 0 Å². The number of aryl methyl sites for hydroxylation is 2. The van der Waals surface area contributed by atoms with Crippen LogP contribution in [0.25, 0.3) is 0 Å². The van der Waals surface area contributed by atoms with Crippen LogP contribution in [-0.4, -0.2) is 52.8 Å². The molecule has 0 saturated carbocycles. The fraction of sp³-hybridized carbons (Fsp3) is 0.609. The van der Waals surface area contributed by atoms with Crippen LogP contribution in [-0.2, 0) is 14.3 Å². The first-order chi connectivity index (χ1) is 14.3. The number of amides is 3. The summed E-state index contributed by atoms with van der Waals surface area (Å²) in [7, 11) is 0. The predicted molar refractivity (Wildman–Crippen MR) is 126 cm³/mol. The lowest BCUT2D eigenvalue weighted by Gasteiger charge is -2.34. The summed E-state index contributed by atoms with van der Waals surface area (Å²) in [6.07, 6.45) is -0.703. The normalized spacial score (nSPS) is 13.4. The molecule has 0 aliphatic heterocycles. The number of hydrogen-bond acceptors (Lipinski definition) is 5. The minimum atomic E-state index is -0.932. The van der Waals surface area contributed by atoms with Gasteiger partial charge < -0.3 is 20.3 Å². The Kier molecular flexibility index (Phi) is 9.87. The van der Waals surface area contributed by atoms with Gasteiger partial charge in [0.15, 0.2) is 0 Å². The first-order valence-corrected chi connectivity index (χ1v) is 11.2. The van der Waals surface area contributed by atoms with Crippen molar-refractivity contribution in [1.29, 1.82) is 0 Å². The van der Waals surface area contributed by atoms with Gasteiger partial charge in [-0.05, 0) is 66.5 Å². The number of alkyl carbamates (subject to hydrolysis) is 1. The third-order valence-corrected chi connectivity index (χ3v) is 4.87. The van der Waals surface area contributed by atoms with Crippen LogP contribution in [0.2, 0.25) is 0 Å². The van der Waals surface area contributed by atoms with Crippen molar-refractivity contribution >= 4 is 30.5 Å². The van der Waals surface area contributed by atoms with Crippen LogP contribution in [0.3, 0.4) is 0 Å². The van der Waals surface area contributed by atoms with Gasteiger partial charge in [-0.15, -0.1) is 0 Å². The zero-order chi connectivity index (χ0) is 23.9. The largest absolute Gasteiger partial charge is 0.444 e. The van der Waals surface area contributed by atoms with E-state index in [1.54, 1.807) is 27.7 Å². The highest BCUT2D eigenvalue weighted by atomic mass is 32.1. The van der Waals surface area contributed by atoms with Crippen molar-refractivity contribution in [2.45, 2.75) is 79.1 Å². The van der Waals surface area contributed by atoms with Crippen molar-refractivity contribution in [3.8, 4) is 0 Å². The number of carbonyl (C=O) groups is 3. The Morgan fingerprint density at radius 1 is 1.13 bits per heavy atom. The first-order valence-electron chi connectivity index (χ1n) is 10.6. The van der Waals surface area contributed by atoms with Gasteiger partial charge >= 0.3 is 6.09 Å². The van der Waals surface area contributed by atoms with E-state index in [2.05, 4.69) is 23.3 Å². The van der Waals surface area contributed by atoms with Gasteiger partial charge in [0.2, 0.25) is 11.8 Å². The van der Waals surface area contributed by atoms with Gasteiger partial charge in [-0.25, -0.2) is 4.79 Å². The van der Waals surface area contributed by atoms with Crippen LogP contribution in [0.1, 0.15) is 64.3 Å². The number of ether oxygens (including phenoxy) is 1. The van der Waals surface area contributed by atoms with Crippen molar-refractivity contribution in [2.24, 2.45) is 0 Å². The third kappa shape index (κ3) is 8.09. The number of hydrogen-bond donors (Lipinski definition) is 3. The summed E-state index contributed by atoms with van der Waals surface area (Å²) in [5.74, 6) is -0.598. The molecule has 7 nitrogen and oxygen atoms in total. The van der Waals surface area contributed by atoms with Crippen molar-refractivity contribution in [2.75, 3.05) is 12.3 Å². The maximum atomic E-state index is 13.4. The summed E-state index contributed by atoms with van der Waals surface area (Å²) in [4.78, 5) is 40.3. The average molecular weight is 452 g/mol. The zero-order valence-corrected chi connectivity index (χ0v) is 20.8. The molecular formula is C23H37N3O4S. The number of likely N-dealkylation sites (N-methyl/N-ethyl adjacent to an activating group) is 1. The predicted octanol–water partition coefficient (Wildman–Crippen LogP) is 3.54. The SMILES string of the molecule is CCN(C(=O)C(CS)NC(=O)OC(C)(C)C)C(C(=O)NC(C)C)c1ccc(C)cc1C. The van der Waals surface area contributed by atoms with Gasteiger partial charge in [0.1, 0.15) is 17.7 Å². The van der Waals surface area contributed by atoms with E-state index >= 15 is 0 Å². The standard InChI is InChI=1S/C23H37N3O4S/c1-9-26(21(28)18(13-31)25-22(29)30-23(6,7)8)19(20(27)24-14(2)3)17-11-10-15(4)12-16(17)5/h10-12,14,18-19,31H,9,13H2,1-8H3,(H,24,27)(H,25,29). The van der Waals surface area contributed by atoms with E-state index in [1.807, 2.05) is 45.9 Å². The van der Waals surface area contributed by atoms with E-state index in [1.165, 1.54) is 4.90 Å². The summed E-state index contributed by atoms with van der Waals surface area (Å²) in [5, 5.41) is 5.50. The number of nitrogens with one attached hydrogen (secondary N) is 2. The second kappa shape index (κ2) is 11.4. The summed E-state index contributed by atoms with van der Waals surface area (Å²) in [5.41, 5.74) is 2.03. The monoisotopic (exact) mass is 451 g/mol. The lowest BCUT2D eigenvalue weighted by molar-refractivity contribution is -0.142. The lowest BCUT2D eigenvalue weighted by Crippen LogP contribution is -2.54. The van der Waals surface area contributed by atoms with Crippen molar-refractivity contribution in [1.82, 2.24) is 15.5 Å². The van der Waals surface area contributed by atoms with Gasteiger partial charge in [-0.2, -0.15) is 12.6 Å². The molecule has 0 bridgehead atoms. The first kappa shape index (κ1) is 26.8. The zero-order valence-electron chi connectivity index (χ0n) is 19.9. The topological polar surface area (TPSA) is 87.7 Å². The molecule has 1 rings (SSSR count). The molecule has 2 unspecified atom stereocenters. The van der Waals surface area contributed by atoms with Crippen LogP contribution in [0.15, 0.2) is 18.2 Å². The summed E-state index contributed by atoms with van der Waals surface area (Å²) < 4.78 is 5.28. The molecule has 31 heavy (non-hydrogen) atoms. The molecule has 0 aromatic heterocycles. The molecular weight excluding hydrogens is 414 g/mol. The Hall–Kier alpha value is -2.22. The summed E-state index contributed by atoms with van der Waals surface area (Å²) >= 11 is 4.25. The number of thiol groups is 1. The molecule has 8 heteroatoms. The van der Waals surface area contributed by atoms with Crippen molar-refractivity contribution < 1.29 is 19.1 Å². The fourth-order valence-corrected chi connectivity index (χ4v) is 3.50. The molecule has 0 heterocycles. The fourth-order valence-electron chi connectivity index (χ4n) is 3.25. The summed E-state index contributed by atoms with van der Waals surface area (Å²) in [6.45, 7) is 15.0. The smallest absolute Gasteiger partial charge is 0.408 e. The van der Waals surface area contributed by atoms with E-state index in [0.29, 0.717) is 0 Å². The molecule has 2 N–H and O–H groups in total. The molecule has 1 aromatic rings. The Bertz CT molecular complexity index is 790. The van der Waals surface area contributed by atoms with Crippen molar-refractivity contribution in [3.63, 3.8) is 0 Å². The van der Waals surface area contributed by atoms with E-state index in [9.17, 15) is 14.4 Å². The molecule has 0 fully saturated rings. The number of nitrogens with zero attached hydrogens (tertiary/aromatic N) is 1. The molecule has 3 amide bonds. The van der Waals surface area contributed by atoms with Gasteiger partial charge in [0, 0.05) is 18.3 Å². The lowest BCUT2D eigenvalue weighted by atomic mass is 9.96. The number of benzene rings is 1. The Morgan fingerprint density at radius 3 is 2.19 bits per heavy atom. The van der Waals surface area contributed by atoms with Crippen LogP contribution in [0.4, 0.5) is 4.79 Å². The number of carbonyl (C=O) groups excluding carboxylic acids is 3. The van der Waals surface area contributed by atoms with Crippen LogP contribution in [0, 0.1) is 13.8 Å². The number of rotatable bonds is 8. The molecule has 0 aliphatic rings. The van der Waals surface area contributed by atoms with E-state index in [-0.39, 0.29) is 24.2 Å². The quantitative estimate of drug-likeness (QED) is 0.528. The highest BCUT2D eigenvalue weighted by Crippen LogP contribution is 2.26. The minimum absolute atomic E-state index is 0.0694. The van der Waals surface area contributed by atoms with E-state index in [0.717, 1.165) is 16.7 Å². The second-order valence-corrected chi connectivity index (χ2v) is 9.30. The van der Waals surface area contributed by atoms with Crippen LogP contribution >= 0.6 is 12.6 Å². The minimum Gasteiger partial charge on any atom is -0.444 e. The Balaban J connectivity index is 3.30. The Labute approximate surface area is 191 Å². The molecule has 174 valence electrons. The average Bonchev–Trinajstić information content (AvgIpc) is 2.62. The van der Waals surface area contributed by atoms with Gasteiger partial charge in [-0.1, -0.05) is 23.8 Å². The van der Waals surface area contributed by atoms with E-state index in [4.69, 9.17) is 4.74 Å². The second-order valence-electron chi connectivity index (χ2n) is 8.93. The Morgan fingerprint density at radius 2 is 1.74 bits per heavy atom. The molecule has 0 radical (unpaired) electrons. The highest BCUT2D eigenvalue weighted by Gasteiger charge is 2.35. The van der Waals surface area contributed by atoms with Crippen LogP contribution in [0.5, 0.6) is 0 Å². The maximum Gasteiger partial charge on any atom is 0.408 e. The maximum absolute atomic E-state index is 13.4. The molecule has 1 aromatic carbocycles. The molecule has 0 saturated heterocycles. The summed E-state index contributed by atoms with van der Waals surface area (Å²) in [6, 6.07) is 3.93. The molecule has 0 aliphatic carbocycles. The van der Waals surface area contributed by atoms with Crippen molar-refractivity contribution in [3.05, 3.63) is 34.9 Å². The van der Waals surface area contributed by atoms with Gasteiger partial charge in [-0.3, -0.25) is 9.59 Å². The van der Waals surface area contributed by atoms with E-state index < -0.39 is 29.7 Å².